The van der Waals surface area contributed by atoms with Gasteiger partial charge in [-0.05, 0) is 23.8 Å². The Kier molecular flexibility index (Phi) is 3.95. The zero-order chi connectivity index (χ0) is 12.2. The Morgan fingerprint density at radius 1 is 1.31 bits per heavy atom. The number of nitrogens with two attached hydrogens (primary N) is 2. The molecule has 0 radical (unpaired) electrons. The average Bonchev–Trinajstić information content (AvgIpc) is 2.14. The second kappa shape index (κ2) is 5.03. The number of carbonyl (C=O) groups excluding carboxylic acids is 1. The maximum atomic E-state index is 12.5. The van der Waals surface area contributed by atoms with E-state index in [1.807, 2.05) is 5.09 Å². The third kappa shape index (κ3) is 4.84. The number of hydrogen-bond acceptors (Lipinski definition) is 2. The quantitative estimate of drug-likeness (QED) is 0.544. The second-order valence-electron chi connectivity index (χ2n) is 3.07. The minimum atomic E-state index is -3.56. The van der Waals surface area contributed by atoms with Crippen LogP contribution in [0.2, 0.25) is 0 Å². The summed E-state index contributed by atoms with van der Waals surface area (Å²) in [6.45, 7) is 0. The topological polar surface area (TPSA) is 98.2 Å². The van der Waals surface area contributed by atoms with E-state index in [0.717, 1.165) is 6.08 Å². The van der Waals surface area contributed by atoms with Gasteiger partial charge in [-0.15, -0.1) is 0 Å². The number of benzene rings is 1. The number of carbonyl (C=O) groups is 1. The summed E-state index contributed by atoms with van der Waals surface area (Å²) in [6.07, 6.45) is 2.53. The van der Waals surface area contributed by atoms with Gasteiger partial charge >= 0.3 is 7.59 Å². The van der Waals surface area contributed by atoms with Gasteiger partial charge in [0.1, 0.15) is 5.82 Å². The minimum Gasteiger partial charge on any atom is -0.280 e. The smallest absolute Gasteiger partial charge is 0.280 e. The van der Waals surface area contributed by atoms with E-state index in [1.54, 1.807) is 0 Å². The lowest BCUT2D eigenvalue weighted by molar-refractivity contribution is -0.114. The fraction of sp³-hybridized carbons (Fsp3) is 0. The van der Waals surface area contributed by atoms with Crippen molar-refractivity contribution in [2.24, 2.45) is 11.0 Å². The Bertz CT molecular complexity index is 452. The molecule has 0 saturated carbocycles. The van der Waals surface area contributed by atoms with Gasteiger partial charge in [0.25, 0.3) is 5.91 Å². The van der Waals surface area contributed by atoms with Crippen LogP contribution in [0.5, 0.6) is 0 Å². The highest BCUT2D eigenvalue weighted by Gasteiger charge is 2.09. The van der Waals surface area contributed by atoms with Crippen LogP contribution in [0.15, 0.2) is 30.3 Å². The fourth-order valence-electron chi connectivity index (χ4n) is 0.955. The van der Waals surface area contributed by atoms with Crippen LogP contribution in [0.25, 0.3) is 6.08 Å². The van der Waals surface area contributed by atoms with Crippen molar-refractivity contribution < 1.29 is 13.8 Å². The molecule has 0 aliphatic carbocycles. The fourth-order valence-corrected chi connectivity index (χ4v) is 1.37. The third-order valence-corrected chi connectivity index (χ3v) is 2.15. The first-order valence-corrected chi connectivity index (χ1v) is 6.14. The van der Waals surface area contributed by atoms with Gasteiger partial charge in [0.2, 0.25) is 0 Å². The van der Waals surface area contributed by atoms with Gasteiger partial charge in [0.15, 0.2) is 0 Å². The first kappa shape index (κ1) is 12.6. The normalized spacial score (nSPS) is 11.7. The lowest BCUT2D eigenvalue weighted by atomic mass is 10.2. The molecule has 1 amide bonds. The van der Waals surface area contributed by atoms with E-state index < -0.39 is 13.5 Å². The van der Waals surface area contributed by atoms with Crippen molar-refractivity contribution in [2.75, 3.05) is 0 Å². The molecule has 86 valence electrons. The predicted octanol–water partition coefficient (Wildman–Crippen LogP) is 0.981. The first-order valence-electron chi connectivity index (χ1n) is 4.30. The van der Waals surface area contributed by atoms with Gasteiger partial charge in [0, 0.05) is 6.08 Å². The molecule has 0 aliphatic heterocycles. The van der Waals surface area contributed by atoms with Crippen LogP contribution < -0.4 is 16.1 Å². The Morgan fingerprint density at radius 2 is 1.88 bits per heavy atom. The molecule has 1 aromatic carbocycles. The van der Waals surface area contributed by atoms with Crippen LogP contribution in [0.4, 0.5) is 4.39 Å². The standard InChI is InChI=1S/C9H11FN3O2P/c10-8-4-1-7(2-5-8)3-6-9(14)13-16(11,12)15/h1-6H,(H5,11,12,13,14,15). The number of rotatable bonds is 3. The number of nitrogens with one attached hydrogen (secondary N) is 1. The highest BCUT2D eigenvalue weighted by Crippen LogP contribution is 2.16. The van der Waals surface area contributed by atoms with Crippen LogP contribution >= 0.6 is 7.59 Å². The number of halogens is 1. The van der Waals surface area contributed by atoms with Crippen molar-refractivity contribution in [1.82, 2.24) is 5.09 Å². The number of hydrogen-bond donors (Lipinski definition) is 3. The van der Waals surface area contributed by atoms with Gasteiger partial charge in [-0.1, -0.05) is 12.1 Å². The van der Waals surface area contributed by atoms with Gasteiger partial charge < -0.3 is 0 Å². The molecule has 5 nitrogen and oxygen atoms in total. The molecule has 16 heavy (non-hydrogen) atoms. The molecule has 0 aliphatic rings. The Labute approximate surface area is 91.9 Å². The summed E-state index contributed by atoms with van der Waals surface area (Å²) in [6, 6.07) is 5.50. The molecule has 0 bridgehead atoms. The van der Waals surface area contributed by atoms with E-state index in [-0.39, 0.29) is 5.82 Å². The van der Waals surface area contributed by atoms with E-state index in [0.29, 0.717) is 5.56 Å². The van der Waals surface area contributed by atoms with Crippen molar-refractivity contribution in [3.05, 3.63) is 41.7 Å². The highest BCUT2D eigenvalue weighted by molar-refractivity contribution is 7.57. The van der Waals surface area contributed by atoms with Crippen LogP contribution in [0.3, 0.4) is 0 Å². The first-order chi connectivity index (χ1) is 7.37. The summed E-state index contributed by atoms with van der Waals surface area (Å²) >= 11 is 0. The maximum absolute atomic E-state index is 12.5. The van der Waals surface area contributed by atoms with Gasteiger partial charge in [0.05, 0.1) is 0 Å². The summed E-state index contributed by atoms with van der Waals surface area (Å²) in [4.78, 5) is 11.1. The van der Waals surface area contributed by atoms with Crippen molar-refractivity contribution >= 4 is 19.6 Å². The van der Waals surface area contributed by atoms with E-state index in [2.05, 4.69) is 0 Å². The summed E-state index contributed by atoms with van der Waals surface area (Å²) < 4.78 is 23.4. The lowest BCUT2D eigenvalue weighted by Gasteiger charge is -2.05. The van der Waals surface area contributed by atoms with Crippen molar-refractivity contribution in [2.45, 2.75) is 0 Å². The SMILES string of the molecule is NP(N)(=O)NC(=O)C=Cc1ccc(F)cc1. The van der Waals surface area contributed by atoms with Crippen LogP contribution in [-0.2, 0) is 9.36 Å². The zero-order valence-corrected chi connectivity index (χ0v) is 9.15. The van der Waals surface area contributed by atoms with E-state index in [9.17, 15) is 13.8 Å². The molecular formula is C9H11FN3O2P. The van der Waals surface area contributed by atoms with E-state index >= 15 is 0 Å². The van der Waals surface area contributed by atoms with Gasteiger partial charge in [-0.2, -0.15) is 0 Å². The summed E-state index contributed by atoms with van der Waals surface area (Å²) in [5, 5.41) is 1.91. The molecule has 1 rings (SSSR count). The monoisotopic (exact) mass is 243 g/mol. The summed E-state index contributed by atoms with van der Waals surface area (Å²) in [5.41, 5.74) is 10.5. The van der Waals surface area contributed by atoms with E-state index in [1.165, 1.54) is 30.3 Å². The van der Waals surface area contributed by atoms with Gasteiger partial charge in [-0.25, -0.2) is 4.39 Å². The predicted molar refractivity (Wildman–Crippen MR) is 59.6 cm³/mol. The van der Waals surface area contributed by atoms with Crippen LogP contribution in [0.1, 0.15) is 5.56 Å². The van der Waals surface area contributed by atoms with Crippen molar-refractivity contribution in [1.29, 1.82) is 0 Å². The summed E-state index contributed by atoms with van der Waals surface area (Å²) in [5.74, 6) is -1.03. The molecule has 0 heterocycles. The Morgan fingerprint density at radius 3 is 2.38 bits per heavy atom. The molecule has 5 N–H and O–H groups in total. The molecule has 0 spiro atoms. The zero-order valence-electron chi connectivity index (χ0n) is 8.26. The van der Waals surface area contributed by atoms with Crippen LogP contribution in [0, 0.1) is 5.82 Å². The van der Waals surface area contributed by atoms with Crippen molar-refractivity contribution in [3.63, 3.8) is 0 Å². The molecule has 0 saturated heterocycles. The molecule has 0 aromatic heterocycles. The summed E-state index contributed by atoms with van der Waals surface area (Å²) in [7, 11) is -3.56. The Hall–Kier alpha value is -1.49. The van der Waals surface area contributed by atoms with Gasteiger partial charge in [-0.3, -0.25) is 25.5 Å². The molecule has 0 fully saturated rings. The average molecular weight is 243 g/mol. The molecule has 7 heteroatoms. The lowest BCUT2D eigenvalue weighted by Crippen LogP contribution is -2.26. The third-order valence-electron chi connectivity index (χ3n) is 1.58. The van der Waals surface area contributed by atoms with Crippen molar-refractivity contribution in [3.8, 4) is 0 Å². The second-order valence-corrected chi connectivity index (χ2v) is 4.71. The molecule has 0 unspecified atom stereocenters. The molecule has 1 aromatic rings. The molecule has 0 atom stereocenters. The number of amides is 1. The highest BCUT2D eigenvalue weighted by atomic mass is 31.2. The largest absolute Gasteiger partial charge is 0.300 e. The maximum Gasteiger partial charge on any atom is 0.300 e. The van der Waals surface area contributed by atoms with Crippen LogP contribution in [-0.4, -0.2) is 5.91 Å². The molecular weight excluding hydrogens is 232 g/mol. The van der Waals surface area contributed by atoms with E-state index in [4.69, 9.17) is 11.0 Å². The minimum absolute atomic E-state index is 0.366. The Balaban J connectivity index is 2.64.